The quantitative estimate of drug-likeness (QED) is 0.573. The van der Waals surface area contributed by atoms with Crippen molar-refractivity contribution in [2.45, 2.75) is 26.7 Å². The summed E-state index contributed by atoms with van der Waals surface area (Å²) in [5.41, 5.74) is 5.49. The molecule has 3 rings (SSSR count). The summed E-state index contributed by atoms with van der Waals surface area (Å²) in [7, 11) is 0. The van der Waals surface area contributed by atoms with E-state index in [2.05, 4.69) is 80.6 Å². The van der Waals surface area contributed by atoms with Gasteiger partial charge in [-0.05, 0) is 37.8 Å². The van der Waals surface area contributed by atoms with Crippen LogP contribution in [0.3, 0.4) is 0 Å². The molecule has 0 aliphatic heterocycles. The van der Waals surface area contributed by atoms with Crippen LogP contribution in [0.2, 0.25) is 0 Å². The average Bonchev–Trinajstić information content (AvgIpc) is 2.57. The lowest BCUT2D eigenvalue weighted by atomic mass is 10.0. The van der Waals surface area contributed by atoms with Gasteiger partial charge in [0.15, 0.2) is 0 Å². The fraction of sp³-hybridized carbons (Fsp3) is 0.182. The van der Waals surface area contributed by atoms with Gasteiger partial charge in [-0.1, -0.05) is 96.1 Å². The van der Waals surface area contributed by atoms with Gasteiger partial charge in [-0.3, -0.25) is 0 Å². The largest absolute Gasteiger partial charge is 0.0622 e. The topological polar surface area (TPSA) is 0 Å². The van der Waals surface area contributed by atoms with Gasteiger partial charge in [0.1, 0.15) is 0 Å². The summed E-state index contributed by atoms with van der Waals surface area (Å²) in [4.78, 5) is 0. The lowest BCUT2D eigenvalue weighted by Gasteiger charge is -2.02. The third-order valence-corrected chi connectivity index (χ3v) is 3.61. The maximum absolute atomic E-state index is 2.22. The van der Waals surface area contributed by atoms with Gasteiger partial charge in [0, 0.05) is 0 Å². The molecule has 0 heteroatoms. The smallest absolute Gasteiger partial charge is 0.0238 e. The highest BCUT2D eigenvalue weighted by molar-refractivity contribution is 5.23. The molecule has 0 saturated carbocycles. The van der Waals surface area contributed by atoms with Gasteiger partial charge in [-0.2, -0.15) is 0 Å². The zero-order valence-corrected chi connectivity index (χ0v) is 13.5. The fourth-order valence-corrected chi connectivity index (χ4v) is 2.22. The molecule has 0 aromatic heterocycles. The Morgan fingerprint density at radius 3 is 1.32 bits per heavy atom. The molecule has 0 unspecified atom stereocenters. The Morgan fingerprint density at radius 2 is 0.864 bits per heavy atom. The van der Waals surface area contributed by atoms with Crippen LogP contribution >= 0.6 is 0 Å². The van der Waals surface area contributed by atoms with Gasteiger partial charge in [-0.15, -0.1) is 0 Å². The van der Waals surface area contributed by atoms with Crippen LogP contribution in [0.15, 0.2) is 84.9 Å². The molecule has 0 atom stereocenters. The van der Waals surface area contributed by atoms with Crippen LogP contribution in [0, 0.1) is 13.8 Å². The highest BCUT2D eigenvalue weighted by Gasteiger charge is 1.94. The van der Waals surface area contributed by atoms with E-state index in [1.165, 1.54) is 22.3 Å². The molecule has 0 heterocycles. The van der Waals surface area contributed by atoms with Crippen molar-refractivity contribution < 1.29 is 0 Å². The van der Waals surface area contributed by atoms with Crippen LogP contribution in [0.25, 0.3) is 0 Å². The standard InChI is InChI=1S/C15H16.C7H8/c1-13-7-9-15(10-8-13)12-11-14-5-3-2-4-6-14;1-7-5-3-2-4-6-7/h2-10H,11-12H2,1H3;2-6H,1H3. The second-order valence-electron chi connectivity index (χ2n) is 5.63. The molecule has 0 spiro atoms. The zero-order valence-electron chi connectivity index (χ0n) is 13.5. The molecule has 0 N–H and O–H groups in total. The van der Waals surface area contributed by atoms with Crippen LogP contribution in [-0.2, 0) is 12.8 Å². The third-order valence-electron chi connectivity index (χ3n) is 3.61. The van der Waals surface area contributed by atoms with Crippen molar-refractivity contribution in [1.29, 1.82) is 0 Å². The first-order valence-corrected chi connectivity index (χ1v) is 7.85. The Balaban J connectivity index is 0.000000211. The van der Waals surface area contributed by atoms with E-state index in [1.54, 1.807) is 0 Å². The summed E-state index contributed by atoms with van der Waals surface area (Å²) < 4.78 is 0. The van der Waals surface area contributed by atoms with Crippen molar-refractivity contribution in [2.24, 2.45) is 0 Å². The van der Waals surface area contributed by atoms with Crippen LogP contribution in [0.1, 0.15) is 22.3 Å². The van der Waals surface area contributed by atoms with Crippen molar-refractivity contribution in [1.82, 2.24) is 0 Å². The number of aryl methyl sites for hydroxylation is 4. The van der Waals surface area contributed by atoms with Gasteiger partial charge in [0.05, 0.1) is 0 Å². The van der Waals surface area contributed by atoms with Crippen LogP contribution in [0.5, 0.6) is 0 Å². The minimum absolute atomic E-state index is 1.13. The SMILES string of the molecule is Cc1ccc(CCc2ccccc2)cc1.Cc1ccccc1. The lowest BCUT2D eigenvalue weighted by molar-refractivity contribution is 0.959. The molecule has 112 valence electrons. The highest BCUT2D eigenvalue weighted by atomic mass is 14.0. The molecule has 0 saturated heterocycles. The van der Waals surface area contributed by atoms with E-state index in [-0.39, 0.29) is 0 Å². The number of hydrogen-bond donors (Lipinski definition) is 0. The predicted molar refractivity (Wildman–Crippen MR) is 96.2 cm³/mol. The van der Waals surface area contributed by atoms with E-state index >= 15 is 0 Å². The molecule has 0 fully saturated rings. The van der Waals surface area contributed by atoms with E-state index in [0.29, 0.717) is 0 Å². The lowest BCUT2D eigenvalue weighted by Crippen LogP contribution is -1.90. The summed E-state index contributed by atoms with van der Waals surface area (Å²) in [6.07, 6.45) is 2.26. The van der Waals surface area contributed by atoms with Gasteiger partial charge >= 0.3 is 0 Å². The zero-order chi connectivity index (χ0) is 15.6. The maximum Gasteiger partial charge on any atom is -0.0238 e. The average molecular weight is 288 g/mol. The molecular formula is C22H24. The molecule has 3 aromatic rings. The van der Waals surface area contributed by atoms with Crippen molar-refractivity contribution in [3.63, 3.8) is 0 Å². The maximum atomic E-state index is 2.22. The van der Waals surface area contributed by atoms with E-state index < -0.39 is 0 Å². The molecule has 22 heavy (non-hydrogen) atoms. The molecule has 0 aliphatic rings. The Hall–Kier alpha value is -2.34. The van der Waals surface area contributed by atoms with E-state index in [4.69, 9.17) is 0 Å². The Kier molecular flexibility index (Phi) is 6.44. The first kappa shape index (κ1) is 16.0. The molecule has 0 radical (unpaired) electrons. The minimum Gasteiger partial charge on any atom is -0.0622 e. The normalized spacial score (nSPS) is 9.73. The highest BCUT2D eigenvalue weighted by Crippen LogP contribution is 2.08. The van der Waals surface area contributed by atoms with Crippen LogP contribution in [0.4, 0.5) is 0 Å². The van der Waals surface area contributed by atoms with E-state index in [0.717, 1.165) is 12.8 Å². The molecule has 0 aliphatic carbocycles. The second kappa shape index (κ2) is 8.84. The summed E-state index contributed by atoms with van der Waals surface area (Å²) >= 11 is 0. The summed E-state index contributed by atoms with van der Waals surface area (Å²) in [5, 5.41) is 0. The van der Waals surface area contributed by atoms with Gasteiger partial charge in [0.2, 0.25) is 0 Å². The molecule has 0 bridgehead atoms. The summed E-state index contributed by atoms with van der Waals surface area (Å²) in [5.74, 6) is 0. The Labute approximate surface area is 134 Å². The van der Waals surface area contributed by atoms with Gasteiger partial charge in [0.25, 0.3) is 0 Å². The van der Waals surface area contributed by atoms with E-state index in [9.17, 15) is 0 Å². The van der Waals surface area contributed by atoms with Gasteiger partial charge < -0.3 is 0 Å². The fourth-order valence-electron chi connectivity index (χ4n) is 2.22. The molecular weight excluding hydrogens is 264 g/mol. The van der Waals surface area contributed by atoms with Crippen molar-refractivity contribution in [2.75, 3.05) is 0 Å². The van der Waals surface area contributed by atoms with Crippen LogP contribution in [-0.4, -0.2) is 0 Å². The Bertz CT molecular complexity index is 637. The van der Waals surface area contributed by atoms with Gasteiger partial charge in [-0.25, -0.2) is 0 Å². The predicted octanol–water partition coefficient (Wildman–Crippen LogP) is 5.78. The van der Waals surface area contributed by atoms with Crippen molar-refractivity contribution in [3.05, 3.63) is 107 Å². The first-order valence-electron chi connectivity index (χ1n) is 7.85. The second-order valence-corrected chi connectivity index (χ2v) is 5.63. The number of rotatable bonds is 3. The molecule has 0 amide bonds. The summed E-state index contributed by atoms with van der Waals surface area (Å²) in [6.45, 7) is 4.21. The first-order chi connectivity index (χ1) is 10.7. The third kappa shape index (κ3) is 5.97. The molecule has 3 aromatic carbocycles. The Morgan fingerprint density at radius 1 is 0.455 bits per heavy atom. The van der Waals surface area contributed by atoms with E-state index in [1.807, 2.05) is 18.2 Å². The van der Waals surface area contributed by atoms with Crippen molar-refractivity contribution >= 4 is 0 Å². The summed E-state index contributed by atoms with van der Waals surface area (Å²) in [6, 6.07) is 29.7. The monoisotopic (exact) mass is 288 g/mol. The minimum atomic E-state index is 1.13. The number of benzene rings is 3. The number of hydrogen-bond acceptors (Lipinski definition) is 0. The van der Waals surface area contributed by atoms with Crippen molar-refractivity contribution in [3.8, 4) is 0 Å². The van der Waals surface area contributed by atoms with Crippen LogP contribution < -0.4 is 0 Å². The molecule has 0 nitrogen and oxygen atoms in total.